The smallest absolute Gasteiger partial charge is 0.278 e. The first-order valence-corrected chi connectivity index (χ1v) is 8.92. The van der Waals surface area contributed by atoms with E-state index >= 15 is 0 Å². The van der Waals surface area contributed by atoms with E-state index in [9.17, 15) is 9.59 Å². The average Bonchev–Trinajstić information content (AvgIpc) is 2.71. The van der Waals surface area contributed by atoms with Crippen LogP contribution in [0.25, 0.3) is 0 Å². The second kappa shape index (κ2) is 8.77. The van der Waals surface area contributed by atoms with Crippen LogP contribution in [0.3, 0.4) is 0 Å². The molecule has 3 rings (SSSR count). The zero-order valence-electron chi connectivity index (χ0n) is 15.7. The molecular weight excluding hydrogens is 354 g/mol. The lowest BCUT2D eigenvalue weighted by atomic mass is 10.2. The van der Waals surface area contributed by atoms with Crippen molar-refractivity contribution in [3.05, 3.63) is 72.4 Å². The molecule has 0 radical (unpaired) electrons. The lowest BCUT2D eigenvalue weighted by Gasteiger charge is -2.20. The van der Waals surface area contributed by atoms with Crippen LogP contribution in [-0.4, -0.2) is 28.6 Å². The predicted octanol–water partition coefficient (Wildman–Crippen LogP) is 3.85. The van der Waals surface area contributed by atoms with E-state index in [0.717, 1.165) is 11.4 Å². The van der Waals surface area contributed by atoms with Crippen LogP contribution in [0.2, 0.25) is 0 Å². The van der Waals surface area contributed by atoms with Gasteiger partial charge in [0.2, 0.25) is 5.91 Å². The molecule has 0 aliphatic rings. The lowest BCUT2D eigenvalue weighted by molar-refractivity contribution is -0.114. The molecule has 28 heavy (non-hydrogen) atoms. The Balaban J connectivity index is 1.69. The van der Waals surface area contributed by atoms with Crippen LogP contribution < -0.4 is 15.5 Å². The summed E-state index contributed by atoms with van der Waals surface area (Å²) < 4.78 is 0. The molecule has 142 valence electrons. The summed E-state index contributed by atoms with van der Waals surface area (Å²) in [4.78, 5) is 25.5. The van der Waals surface area contributed by atoms with Gasteiger partial charge < -0.3 is 15.5 Å². The Morgan fingerprint density at radius 1 is 0.893 bits per heavy atom. The molecule has 2 amide bonds. The first kappa shape index (κ1) is 19.0. The van der Waals surface area contributed by atoms with Gasteiger partial charge in [-0.25, -0.2) is 0 Å². The molecule has 0 bridgehead atoms. The highest BCUT2D eigenvalue weighted by Crippen LogP contribution is 2.19. The number of carbonyl (C=O) groups excluding carboxylic acids is 2. The molecule has 0 atom stereocenters. The van der Waals surface area contributed by atoms with Crippen LogP contribution in [0.1, 0.15) is 24.3 Å². The maximum Gasteiger partial charge on any atom is 0.278 e. The summed E-state index contributed by atoms with van der Waals surface area (Å²) in [6.45, 7) is 3.91. The lowest BCUT2D eigenvalue weighted by Crippen LogP contribution is -2.31. The third-order valence-corrected chi connectivity index (χ3v) is 3.99. The molecule has 7 heteroatoms. The molecule has 0 aliphatic heterocycles. The Morgan fingerprint density at radius 2 is 1.57 bits per heavy atom. The Morgan fingerprint density at radius 3 is 2.14 bits per heavy atom. The van der Waals surface area contributed by atoms with Crippen molar-refractivity contribution < 1.29 is 9.59 Å². The normalized spacial score (nSPS) is 10.2. The highest BCUT2D eigenvalue weighted by Gasteiger charge is 2.17. The van der Waals surface area contributed by atoms with Gasteiger partial charge in [-0.2, -0.15) is 0 Å². The summed E-state index contributed by atoms with van der Waals surface area (Å²) in [7, 11) is 0. The minimum Gasteiger partial charge on any atom is -0.339 e. The fraction of sp³-hybridized carbons (Fsp3) is 0.143. The van der Waals surface area contributed by atoms with Crippen molar-refractivity contribution >= 4 is 34.7 Å². The third-order valence-electron chi connectivity index (χ3n) is 3.99. The molecule has 2 N–H and O–H groups in total. The summed E-state index contributed by atoms with van der Waals surface area (Å²) in [6, 6.07) is 20.0. The number of benzene rings is 2. The van der Waals surface area contributed by atoms with E-state index in [4.69, 9.17) is 0 Å². The van der Waals surface area contributed by atoms with Crippen LogP contribution in [0.15, 0.2) is 66.7 Å². The van der Waals surface area contributed by atoms with Crippen LogP contribution in [0, 0.1) is 0 Å². The monoisotopic (exact) mass is 375 g/mol. The van der Waals surface area contributed by atoms with E-state index in [2.05, 4.69) is 20.8 Å². The maximum absolute atomic E-state index is 12.7. The van der Waals surface area contributed by atoms with E-state index in [-0.39, 0.29) is 17.5 Å². The number of nitrogens with one attached hydrogen (secondary N) is 2. The number of anilines is 4. The summed E-state index contributed by atoms with van der Waals surface area (Å²) >= 11 is 0. The van der Waals surface area contributed by atoms with Crippen molar-refractivity contribution in [1.29, 1.82) is 0 Å². The summed E-state index contributed by atoms with van der Waals surface area (Å²) in [6.07, 6.45) is 0. The number of nitrogens with zero attached hydrogens (tertiary/aromatic N) is 3. The van der Waals surface area contributed by atoms with E-state index in [0.29, 0.717) is 18.1 Å². The number of carbonyl (C=O) groups is 2. The van der Waals surface area contributed by atoms with E-state index < -0.39 is 0 Å². The highest BCUT2D eigenvalue weighted by molar-refractivity contribution is 6.04. The van der Waals surface area contributed by atoms with Gasteiger partial charge in [-0.05, 0) is 55.5 Å². The Hall–Kier alpha value is -3.74. The first-order valence-electron chi connectivity index (χ1n) is 8.92. The van der Waals surface area contributed by atoms with Gasteiger partial charge in [0.15, 0.2) is 11.5 Å². The average molecular weight is 375 g/mol. The number of amides is 2. The van der Waals surface area contributed by atoms with Crippen molar-refractivity contribution in [3.63, 3.8) is 0 Å². The van der Waals surface area contributed by atoms with E-state index in [1.165, 1.54) is 6.92 Å². The molecule has 0 aliphatic carbocycles. The van der Waals surface area contributed by atoms with Crippen LogP contribution >= 0.6 is 0 Å². The van der Waals surface area contributed by atoms with Crippen molar-refractivity contribution in [2.45, 2.75) is 13.8 Å². The molecule has 2 aromatic carbocycles. The number of aromatic nitrogens is 2. The summed E-state index contributed by atoms with van der Waals surface area (Å²) in [5.74, 6) is 0.197. The van der Waals surface area contributed by atoms with Gasteiger partial charge in [0.25, 0.3) is 5.91 Å². The zero-order chi connectivity index (χ0) is 19.9. The van der Waals surface area contributed by atoms with Gasteiger partial charge in [-0.15, -0.1) is 10.2 Å². The fourth-order valence-electron chi connectivity index (χ4n) is 2.69. The SMILES string of the molecule is CCN(C(=O)c1ccc(Nc2ccc(NC(C)=O)cc2)nn1)c1ccccc1. The Kier molecular flexibility index (Phi) is 5.96. The van der Waals surface area contributed by atoms with Crippen molar-refractivity contribution in [2.24, 2.45) is 0 Å². The molecule has 7 nitrogen and oxygen atoms in total. The van der Waals surface area contributed by atoms with E-state index in [1.54, 1.807) is 29.2 Å². The minimum absolute atomic E-state index is 0.122. The van der Waals surface area contributed by atoms with Crippen LogP contribution in [0.4, 0.5) is 22.9 Å². The molecular formula is C21H21N5O2. The first-order chi connectivity index (χ1) is 13.6. The summed E-state index contributed by atoms with van der Waals surface area (Å²) in [5, 5.41) is 14.0. The molecule has 1 heterocycles. The molecule has 0 saturated carbocycles. The molecule has 0 fully saturated rings. The van der Waals surface area contributed by atoms with Crippen molar-refractivity contribution in [3.8, 4) is 0 Å². The standard InChI is InChI=1S/C21H21N5O2/c1-3-26(18-7-5-4-6-8-18)21(28)19-13-14-20(25-24-19)23-17-11-9-16(10-12-17)22-15(2)27/h4-14H,3H2,1-2H3,(H,22,27)(H,23,25). The topological polar surface area (TPSA) is 87.2 Å². The molecule has 0 unspecified atom stereocenters. The largest absolute Gasteiger partial charge is 0.339 e. The second-order valence-electron chi connectivity index (χ2n) is 6.07. The van der Waals surface area contributed by atoms with Gasteiger partial charge >= 0.3 is 0 Å². The second-order valence-corrected chi connectivity index (χ2v) is 6.07. The van der Waals surface area contributed by atoms with Crippen LogP contribution in [-0.2, 0) is 4.79 Å². The highest BCUT2D eigenvalue weighted by atomic mass is 16.2. The predicted molar refractivity (Wildman–Crippen MR) is 110 cm³/mol. The number of hydrogen-bond donors (Lipinski definition) is 2. The van der Waals surface area contributed by atoms with Crippen molar-refractivity contribution in [2.75, 3.05) is 22.1 Å². The number of rotatable bonds is 6. The van der Waals surface area contributed by atoms with Gasteiger partial charge in [0.1, 0.15) is 0 Å². The van der Waals surface area contributed by atoms with Gasteiger partial charge in [-0.1, -0.05) is 18.2 Å². The molecule has 0 saturated heterocycles. The molecule has 3 aromatic rings. The number of para-hydroxylation sites is 1. The van der Waals surface area contributed by atoms with Crippen molar-refractivity contribution in [1.82, 2.24) is 10.2 Å². The summed E-state index contributed by atoms with van der Waals surface area (Å²) in [5.41, 5.74) is 2.60. The number of hydrogen-bond acceptors (Lipinski definition) is 5. The minimum atomic E-state index is -0.201. The third kappa shape index (κ3) is 4.70. The van der Waals surface area contributed by atoms with Gasteiger partial charge in [0.05, 0.1) is 0 Å². The fourth-order valence-corrected chi connectivity index (χ4v) is 2.69. The molecule has 1 aromatic heterocycles. The van der Waals surface area contributed by atoms with Gasteiger partial charge in [0, 0.05) is 30.5 Å². The Labute approximate surface area is 163 Å². The Bertz CT molecular complexity index is 941. The van der Waals surface area contributed by atoms with Gasteiger partial charge in [-0.3, -0.25) is 9.59 Å². The maximum atomic E-state index is 12.7. The molecule has 0 spiro atoms. The zero-order valence-corrected chi connectivity index (χ0v) is 15.7. The van der Waals surface area contributed by atoms with E-state index in [1.807, 2.05) is 49.4 Å². The van der Waals surface area contributed by atoms with Crippen LogP contribution in [0.5, 0.6) is 0 Å². The quantitative estimate of drug-likeness (QED) is 0.683.